The van der Waals surface area contributed by atoms with Crippen LogP contribution in [0.25, 0.3) is 10.9 Å². The van der Waals surface area contributed by atoms with Gasteiger partial charge in [-0.1, -0.05) is 30.0 Å². The van der Waals surface area contributed by atoms with Gasteiger partial charge in [0.05, 0.1) is 23.6 Å². The van der Waals surface area contributed by atoms with Gasteiger partial charge in [0.15, 0.2) is 0 Å². The number of furan rings is 1. The zero-order valence-electron chi connectivity index (χ0n) is 13.9. The van der Waals surface area contributed by atoms with Crippen LogP contribution in [-0.2, 0) is 11.3 Å². The Hall–Kier alpha value is -2.34. The highest BCUT2D eigenvalue weighted by molar-refractivity contribution is 8.00. The molecule has 0 unspecified atom stereocenters. The van der Waals surface area contributed by atoms with Gasteiger partial charge < -0.3 is 9.73 Å². The second kappa shape index (κ2) is 6.88. The van der Waals surface area contributed by atoms with Crippen LogP contribution in [-0.4, -0.2) is 21.1 Å². The Morgan fingerprint density at radius 1 is 1.28 bits per heavy atom. The van der Waals surface area contributed by atoms with Crippen LogP contribution in [0.15, 0.2) is 52.1 Å². The summed E-state index contributed by atoms with van der Waals surface area (Å²) in [5.41, 5.74) is 0.949. The van der Waals surface area contributed by atoms with Gasteiger partial charge in [-0.05, 0) is 38.0 Å². The number of amides is 1. The summed E-state index contributed by atoms with van der Waals surface area (Å²) in [6.07, 6.45) is 3.91. The van der Waals surface area contributed by atoms with Crippen molar-refractivity contribution in [2.45, 2.75) is 42.5 Å². The number of rotatable bonds is 6. The summed E-state index contributed by atoms with van der Waals surface area (Å²) in [6, 6.07) is 11.6. The van der Waals surface area contributed by atoms with Gasteiger partial charge in [-0.2, -0.15) is 0 Å². The molecule has 1 saturated carbocycles. The molecule has 25 heavy (non-hydrogen) atoms. The van der Waals surface area contributed by atoms with E-state index in [-0.39, 0.29) is 11.2 Å². The van der Waals surface area contributed by atoms with Crippen molar-refractivity contribution in [3.05, 3.63) is 54.2 Å². The van der Waals surface area contributed by atoms with Crippen LogP contribution in [0, 0.1) is 0 Å². The molecule has 4 rings (SSSR count). The summed E-state index contributed by atoms with van der Waals surface area (Å²) in [4.78, 5) is 21.8. The summed E-state index contributed by atoms with van der Waals surface area (Å²) in [6.45, 7) is 2.30. The van der Waals surface area contributed by atoms with Crippen LogP contribution in [0.4, 0.5) is 0 Å². The quantitative estimate of drug-likeness (QED) is 0.538. The second-order valence-electron chi connectivity index (χ2n) is 6.24. The fourth-order valence-corrected chi connectivity index (χ4v) is 3.60. The Balaban J connectivity index is 1.51. The van der Waals surface area contributed by atoms with E-state index in [1.165, 1.54) is 11.8 Å². The average molecular weight is 353 g/mol. The maximum absolute atomic E-state index is 12.4. The third kappa shape index (κ3) is 3.69. The minimum atomic E-state index is -0.250. The lowest BCUT2D eigenvalue weighted by Gasteiger charge is -2.13. The number of nitrogens with one attached hydrogen (secondary N) is 1. The first kappa shape index (κ1) is 16.1. The minimum absolute atomic E-state index is 0.0305. The number of benzene rings is 1. The normalized spacial score (nSPS) is 15.2. The highest BCUT2D eigenvalue weighted by Crippen LogP contribution is 2.40. The molecule has 0 spiro atoms. The number of hydrogen-bond donors (Lipinski definition) is 1. The highest BCUT2D eigenvalue weighted by Gasteiger charge is 2.28. The Kier molecular flexibility index (Phi) is 4.44. The van der Waals surface area contributed by atoms with Gasteiger partial charge in [0.1, 0.15) is 16.6 Å². The van der Waals surface area contributed by atoms with E-state index in [1.54, 1.807) is 6.26 Å². The van der Waals surface area contributed by atoms with Crippen LogP contribution in [0.5, 0.6) is 0 Å². The van der Waals surface area contributed by atoms with Crippen molar-refractivity contribution < 1.29 is 9.21 Å². The van der Waals surface area contributed by atoms with Crippen LogP contribution in [0.3, 0.4) is 0 Å². The maximum atomic E-state index is 12.4. The molecule has 1 amide bonds. The maximum Gasteiger partial charge on any atom is 0.233 e. The summed E-state index contributed by atoms with van der Waals surface area (Å²) >= 11 is 1.48. The van der Waals surface area contributed by atoms with Crippen LogP contribution < -0.4 is 5.32 Å². The largest absolute Gasteiger partial charge is 0.467 e. The second-order valence-corrected chi connectivity index (χ2v) is 7.57. The average Bonchev–Trinajstić information content (AvgIpc) is 3.35. The molecule has 6 heteroatoms. The fourth-order valence-electron chi connectivity index (χ4n) is 2.63. The summed E-state index contributed by atoms with van der Waals surface area (Å²) in [7, 11) is 0. The summed E-state index contributed by atoms with van der Waals surface area (Å²) in [5.74, 6) is 2.10. The molecule has 2 heterocycles. The van der Waals surface area contributed by atoms with E-state index in [0.717, 1.165) is 40.4 Å². The van der Waals surface area contributed by atoms with Gasteiger partial charge in [-0.3, -0.25) is 4.79 Å². The molecule has 1 fully saturated rings. The van der Waals surface area contributed by atoms with Crippen LogP contribution in [0.2, 0.25) is 0 Å². The molecule has 1 aromatic carbocycles. The monoisotopic (exact) mass is 353 g/mol. The molecule has 3 aromatic rings. The summed E-state index contributed by atoms with van der Waals surface area (Å²) in [5, 5.41) is 4.54. The summed E-state index contributed by atoms with van der Waals surface area (Å²) < 4.78 is 5.25. The minimum Gasteiger partial charge on any atom is -0.467 e. The zero-order valence-corrected chi connectivity index (χ0v) is 14.8. The molecule has 128 valence electrons. The Morgan fingerprint density at radius 2 is 2.12 bits per heavy atom. The first-order valence-electron chi connectivity index (χ1n) is 8.44. The van der Waals surface area contributed by atoms with E-state index in [1.807, 2.05) is 43.3 Å². The van der Waals surface area contributed by atoms with Gasteiger partial charge in [0.2, 0.25) is 5.91 Å². The van der Waals surface area contributed by atoms with Crippen molar-refractivity contribution in [3.63, 3.8) is 0 Å². The Bertz CT molecular complexity index is 891. The number of para-hydroxylation sites is 1. The number of nitrogens with zero attached hydrogens (tertiary/aromatic N) is 2. The van der Waals surface area contributed by atoms with Gasteiger partial charge in [-0.25, -0.2) is 9.97 Å². The van der Waals surface area contributed by atoms with Crippen molar-refractivity contribution in [1.82, 2.24) is 15.3 Å². The molecule has 0 bridgehead atoms. The third-order valence-electron chi connectivity index (χ3n) is 4.20. The number of carbonyl (C=O) groups is 1. The van der Waals surface area contributed by atoms with Crippen molar-refractivity contribution in [2.24, 2.45) is 0 Å². The first-order chi connectivity index (χ1) is 12.2. The van der Waals surface area contributed by atoms with Gasteiger partial charge >= 0.3 is 0 Å². The number of fused-ring (bicyclic) bond motifs is 1. The van der Waals surface area contributed by atoms with E-state index >= 15 is 0 Å². The van der Waals surface area contributed by atoms with E-state index < -0.39 is 0 Å². The van der Waals surface area contributed by atoms with Crippen LogP contribution >= 0.6 is 11.8 Å². The molecule has 1 aliphatic rings. The van der Waals surface area contributed by atoms with E-state index in [9.17, 15) is 4.79 Å². The number of carbonyl (C=O) groups excluding carboxylic acids is 1. The molecular formula is C19H19N3O2S. The number of thioether (sulfide) groups is 1. The number of hydrogen-bond acceptors (Lipinski definition) is 5. The molecule has 1 aliphatic carbocycles. The van der Waals surface area contributed by atoms with Gasteiger partial charge in [-0.15, -0.1) is 0 Å². The van der Waals surface area contributed by atoms with Crippen molar-refractivity contribution in [1.29, 1.82) is 0 Å². The lowest BCUT2D eigenvalue weighted by atomic mass is 10.2. The third-order valence-corrected chi connectivity index (χ3v) is 5.30. The molecule has 0 saturated heterocycles. The molecule has 1 atom stereocenters. The Morgan fingerprint density at radius 3 is 2.88 bits per heavy atom. The molecule has 5 nitrogen and oxygen atoms in total. The topological polar surface area (TPSA) is 68.0 Å². The van der Waals surface area contributed by atoms with Gasteiger partial charge in [0.25, 0.3) is 0 Å². The molecule has 0 aliphatic heterocycles. The zero-order chi connectivity index (χ0) is 17.2. The van der Waals surface area contributed by atoms with E-state index in [4.69, 9.17) is 9.40 Å². The van der Waals surface area contributed by atoms with Crippen molar-refractivity contribution in [2.75, 3.05) is 0 Å². The highest BCUT2D eigenvalue weighted by atomic mass is 32.2. The van der Waals surface area contributed by atoms with E-state index in [2.05, 4.69) is 10.3 Å². The number of aromatic nitrogens is 2. The molecule has 0 radical (unpaired) electrons. The van der Waals surface area contributed by atoms with Crippen molar-refractivity contribution in [3.8, 4) is 0 Å². The molecular weight excluding hydrogens is 334 g/mol. The van der Waals surface area contributed by atoms with Crippen molar-refractivity contribution >= 4 is 28.6 Å². The predicted octanol–water partition coefficient (Wildman–Crippen LogP) is 3.90. The lowest BCUT2D eigenvalue weighted by molar-refractivity contribution is -0.120. The molecule has 2 aromatic heterocycles. The van der Waals surface area contributed by atoms with E-state index in [0.29, 0.717) is 12.5 Å². The Labute approximate surface area is 150 Å². The van der Waals surface area contributed by atoms with Gasteiger partial charge in [0, 0.05) is 11.3 Å². The lowest BCUT2D eigenvalue weighted by Crippen LogP contribution is -2.30. The smallest absolute Gasteiger partial charge is 0.233 e. The molecule has 1 N–H and O–H groups in total. The first-order valence-corrected chi connectivity index (χ1v) is 9.32. The van der Waals surface area contributed by atoms with Crippen LogP contribution in [0.1, 0.15) is 37.3 Å². The SMILES string of the molecule is C[C@H](Sc1nc(C2CC2)nc2ccccc12)C(=O)NCc1ccco1. The fraction of sp³-hybridized carbons (Fsp3) is 0.316. The standard InChI is InChI=1S/C19H19N3O2S/c1-12(18(23)20-11-14-5-4-10-24-14)25-19-15-6-2-3-7-16(15)21-17(22-19)13-8-9-13/h2-7,10,12-13H,8-9,11H2,1H3,(H,20,23)/t12-/m0/s1. The predicted molar refractivity (Wildman–Crippen MR) is 97.4 cm³/mol.